The van der Waals surface area contributed by atoms with Crippen LogP contribution in [0.3, 0.4) is 0 Å². The molecular weight excluding hydrogens is 332 g/mol. The van der Waals surface area contributed by atoms with Crippen LogP contribution >= 0.6 is 0 Å². The molecule has 2 unspecified atom stereocenters. The van der Waals surface area contributed by atoms with Crippen molar-refractivity contribution in [1.29, 1.82) is 0 Å². The first kappa shape index (κ1) is 20.2. The van der Waals surface area contributed by atoms with E-state index in [2.05, 4.69) is 39.0 Å². The van der Waals surface area contributed by atoms with Gasteiger partial charge in [0.15, 0.2) is 0 Å². The predicted octanol–water partition coefficient (Wildman–Crippen LogP) is 7.04. The molecule has 0 heterocycles. The van der Waals surface area contributed by atoms with Crippen molar-refractivity contribution in [2.45, 2.75) is 84.7 Å². The fraction of sp³-hybridized carbons (Fsp3) is 0.640. The van der Waals surface area contributed by atoms with Gasteiger partial charge in [-0.3, -0.25) is 0 Å². The first-order chi connectivity index (χ1) is 13.0. The summed E-state index contributed by atoms with van der Waals surface area (Å²) in [5.41, 5.74) is 3.39. The van der Waals surface area contributed by atoms with Crippen LogP contribution in [0.5, 0.6) is 0 Å². The van der Waals surface area contributed by atoms with E-state index in [1.54, 1.807) is 0 Å². The molecule has 0 aliphatic heterocycles. The van der Waals surface area contributed by atoms with E-state index in [1.807, 2.05) is 12.1 Å². The van der Waals surface area contributed by atoms with Crippen molar-refractivity contribution < 1.29 is 9.53 Å². The summed E-state index contributed by atoms with van der Waals surface area (Å²) >= 11 is 0. The normalized spacial score (nSPS) is 26.9. The summed E-state index contributed by atoms with van der Waals surface area (Å²) < 4.78 is 5.72. The Hall–Kier alpha value is -1.57. The minimum absolute atomic E-state index is 0.108. The topological polar surface area (TPSA) is 26.3 Å². The molecule has 1 fully saturated rings. The molecule has 0 bridgehead atoms. The lowest BCUT2D eigenvalue weighted by molar-refractivity contribution is 0.0174. The molecule has 0 amide bonds. The Bertz CT molecular complexity index is 635. The molecule has 1 saturated carbocycles. The van der Waals surface area contributed by atoms with Crippen LogP contribution in [0, 0.1) is 17.8 Å². The molecular formula is C25H36O2. The Morgan fingerprint density at radius 3 is 2.41 bits per heavy atom. The second-order valence-corrected chi connectivity index (χ2v) is 8.98. The van der Waals surface area contributed by atoms with Crippen molar-refractivity contribution >= 4 is 11.5 Å². The maximum atomic E-state index is 12.4. The van der Waals surface area contributed by atoms with Gasteiger partial charge in [-0.05, 0) is 92.4 Å². The van der Waals surface area contributed by atoms with Gasteiger partial charge < -0.3 is 4.74 Å². The van der Waals surface area contributed by atoms with E-state index in [-0.39, 0.29) is 12.1 Å². The van der Waals surface area contributed by atoms with E-state index in [1.165, 1.54) is 49.7 Å². The molecule has 2 aliphatic carbocycles. The van der Waals surface area contributed by atoms with E-state index >= 15 is 0 Å². The summed E-state index contributed by atoms with van der Waals surface area (Å²) in [6, 6.07) is 8.07. The first-order valence-electron chi connectivity index (χ1n) is 11.1. The minimum Gasteiger partial charge on any atom is -0.459 e. The second kappa shape index (κ2) is 9.57. The summed E-state index contributed by atoms with van der Waals surface area (Å²) in [7, 11) is 0. The number of carbonyl (C=O) groups excluding carboxylic acids is 1. The highest BCUT2D eigenvalue weighted by atomic mass is 16.5. The molecule has 2 aliphatic rings. The molecule has 3 rings (SSSR count). The Labute approximate surface area is 165 Å². The Morgan fingerprint density at radius 1 is 1.11 bits per heavy atom. The lowest BCUT2D eigenvalue weighted by Gasteiger charge is -2.26. The van der Waals surface area contributed by atoms with Gasteiger partial charge >= 0.3 is 5.97 Å². The fourth-order valence-corrected chi connectivity index (χ4v) is 4.49. The fourth-order valence-electron chi connectivity index (χ4n) is 4.49. The molecule has 1 aromatic rings. The van der Waals surface area contributed by atoms with Crippen LogP contribution in [-0.4, -0.2) is 12.1 Å². The highest BCUT2D eigenvalue weighted by molar-refractivity contribution is 5.90. The van der Waals surface area contributed by atoms with Crippen LogP contribution in [0.25, 0.3) is 5.57 Å². The average molecular weight is 369 g/mol. The maximum Gasteiger partial charge on any atom is 0.338 e. The number of esters is 1. The zero-order chi connectivity index (χ0) is 19.2. The smallest absolute Gasteiger partial charge is 0.338 e. The van der Waals surface area contributed by atoms with E-state index < -0.39 is 0 Å². The highest BCUT2D eigenvalue weighted by Crippen LogP contribution is 2.34. The summed E-state index contributed by atoms with van der Waals surface area (Å²) in [4.78, 5) is 12.4. The third-order valence-electron chi connectivity index (χ3n) is 6.68. The van der Waals surface area contributed by atoms with Gasteiger partial charge in [0.2, 0.25) is 0 Å². The van der Waals surface area contributed by atoms with Crippen molar-refractivity contribution in [3.63, 3.8) is 0 Å². The van der Waals surface area contributed by atoms with Gasteiger partial charge in [0, 0.05) is 0 Å². The number of allylic oxidation sites excluding steroid dienone is 2. The van der Waals surface area contributed by atoms with Gasteiger partial charge in [-0.15, -0.1) is 0 Å². The van der Waals surface area contributed by atoms with Crippen molar-refractivity contribution in [3.05, 3.63) is 41.5 Å². The van der Waals surface area contributed by atoms with Gasteiger partial charge in [-0.2, -0.15) is 0 Å². The van der Waals surface area contributed by atoms with Crippen LogP contribution in [-0.2, 0) is 4.74 Å². The van der Waals surface area contributed by atoms with Crippen LogP contribution in [0.4, 0.5) is 0 Å². The monoisotopic (exact) mass is 368 g/mol. The SMILES string of the molecule is CCC(C)CC1CC=C(c2ccc(C(=O)O[C@H]3CC[C@H](C)CC3)cc2)CC1. The van der Waals surface area contributed by atoms with E-state index in [0.29, 0.717) is 5.56 Å². The number of hydrogen-bond donors (Lipinski definition) is 0. The maximum absolute atomic E-state index is 12.4. The molecule has 0 N–H and O–H groups in total. The Balaban J connectivity index is 1.53. The third-order valence-corrected chi connectivity index (χ3v) is 6.68. The standard InChI is InChI=1S/C25H36O2/c1-4-18(2)17-20-7-9-21(10-8-20)22-11-13-23(14-12-22)25(26)27-24-15-5-19(3)6-16-24/h9,11-14,18-20,24H,4-8,10,15-17H2,1-3H3/t18?,19-,20?,24-. The summed E-state index contributed by atoms with van der Waals surface area (Å²) in [6.45, 7) is 6.93. The van der Waals surface area contributed by atoms with Crippen molar-refractivity contribution in [2.75, 3.05) is 0 Å². The zero-order valence-electron chi connectivity index (χ0n) is 17.4. The van der Waals surface area contributed by atoms with Gasteiger partial charge in [0.1, 0.15) is 6.10 Å². The lowest BCUT2D eigenvalue weighted by atomic mass is 9.81. The summed E-state index contributed by atoms with van der Waals surface area (Å²) in [6.07, 6.45) is 13.2. The lowest BCUT2D eigenvalue weighted by Crippen LogP contribution is -2.23. The number of ether oxygens (including phenoxy) is 1. The summed E-state index contributed by atoms with van der Waals surface area (Å²) in [5.74, 6) is 2.29. The second-order valence-electron chi connectivity index (χ2n) is 8.98. The number of rotatable bonds is 6. The number of hydrogen-bond acceptors (Lipinski definition) is 2. The van der Waals surface area contributed by atoms with E-state index in [9.17, 15) is 4.79 Å². The molecule has 27 heavy (non-hydrogen) atoms. The highest BCUT2D eigenvalue weighted by Gasteiger charge is 2.22. The average Bonchev–Trinajstić information content (AvgIpc) is 2.70. The largest absolute Gasteiger partial charge is 0.459 e. The predicted molar refractivity (Wildman–Crippen MR) is 113 cm³/mol. The Morgan fingerprint density at radius 2 is 1.81 bits per heavy atom. The first-order valence-corrected chi connectivity index (χ1v) is 11.1. The molecule has 0 spiro atoms. The number of benzene rings is 1. The van der Waals surface area contributed by atoms with Crippen LogP contribution in [0.1, 0.15) is 94.5 Å². The molecule has 2 heteroatoms. The number of carbonyl (C=O) groups is 1. The minimum atomic E-state index is -0.160. The van der Waals surface area contributed by atoms with E-state index in [0.717, 1.165) is 37.0 Å². The van der Waals surface area contributed by atoms with Gasteiger partial charge in [-0.1, -0.05) is 45.4 Å². The van der Waals surface area contributed by atoms with E-state index in [4.69, 9.17) is 4.74 Å². The quantitative estimate of drug-likeness (QED) is 0.503. The van der Waals surface area contributed by atoms with Crippen LogP contribution in [0.2, 0.25) is 0 Å². The molecule has 2 nitrogen and oxygen atoms in total. The Kier molecular flexibility index (Phi) is 7.15. The zero-order valence-corrected chi connectivity index (χ0v) is 17.4. The van der Waals surface area contributed by atoms with Crippen LogP contribution < -0.4 is 0 Å². The van der Waals surface area contributed by atoms with Crippen molar-refractivity contribution in [2.24, 2.45) is 17.8 Å². The summed E-state index contributed by atoms with van der Waals surface area (Å²) in [5, 5.41) is 0. The molecule has 2 atom stereocenters. The third kappa shape index (κ3) is 5.70. The molecule has 0 radical (unpaired) electrons. The van der Waals surface area contributed by atoms with Crippen molar-refractivity contribution in [1.82, 2.24) is 0 Å². The van der Waals surface area contributed by atoms with Crippen molar-refractivity contribution in [3.8, 4) is 0 Å². The van der Waals surface area contributed by atoms with Gasteiger partial charge in [0.25, 0.3) is 0 Å². The van der Waals surface area contributed by atoms with Gasteiger partial charge in [-0.25, -0.2) is 4.79 Å². The molecule has 148 valence electrons. The molecule has 0 saturated heterocycles. The molecule has 0 aromatic heterocycles. The van der Waals surface area contributed by atoms with Gasteiger partial charge in [0.05, 0.1) is 5.56 Å². The van der Waals surface area contributed by atoms with Crippen LogP contribution in [0.15, 0.2) is 30.3 Å². The molecule has 1 aromatic carbocycles.